The second-order valence-electron chi connectivity index (χ2n) is 2.81. The summed E-state index contributed by atoms with van der Waals surface area (Å²) >= 11 is 1.67. The molecule has 0 heterocycles. The summed E-state index contributed by atoms with van der Waals surface area (Å²) in [6.45, 7) is 4.53. The summed E-state index contributed by atoms with van der Waals surface area (Å²) in [4.78, 5) is 0. The third kappa shape index (κ3) is 6.87. The Morgan fingerprint density at radius 1 is 1.00 bits per heavy atom. The minimum absolute atomic E-state index is 1.35. The zero-order chi connectivity index (χ0) is 7.82. The van der Waals surface area contributed by atoms with Gasteiger partial charge in [-0.1, -0.05) is 0 Å². The molecule has 0 aliphatic carbocycles. The second kappa shape index (κ2) is 7.86. The minimum atomic E-state index is 1.35. The van der Waals surface area contributed by atoms with Gasteiger partial charge in [-0.2, -0.15) is 0 Å². The SMILES string of the molecule is CCCC[C](=[Zr+2])CCCC. The van der Waals surface area contributed by atoms with Crippen LogP contribution in [0.2, 0.25) is 0 Å². The molecule has 0 aromatic carbocycles. The van der Waals surface area contributed by atoms with E-state index in [1.54, 1.807) is 27.4 Å². The van der Waals surface area contributed by atoms with Crippen LogP contribution in [0.4, 0.5) is 0 Å². The molecule has 0 fully saturated rings. The van der Waals surface area contributed by atoms with E-state index >= 15 is 0 Å². The Labute approximate surface area is 79.7 Å². The predicted octanol–water partition coefficient (Wildman–Crippen LogP) is 3.09. The number of rotatable bonds is 6. The molecule has 0 amide bonds. The molecule has 0 aromatic rings. The number of hydrogen-bond acceptors (Lipinski definition) is 0. The van der Waals surface area contributed by atoms with Crippen molar-refractivity contribution in [3.8, 4) is 0 Å². The van der Waals surface area contributed by atoms with Crippen LogP contribution in [-0.4, -0.2) is 3.21 Å². The summed E-state index contributed by atoms with van der Waals surface area (Å²) in [6.07, 6.45) is 8.31. The first-order valence-corrected chi connectivity index (χ1v) is 5.60. The van der Waals surface area contributed by atoms with Gasteiger partial charge < -0.3 is 0 Å². The van der Waals surface area contributed by atoms with Crippen LogP contribution in [0.3, 0.4) is 0 Å². The molecule has 0 atom stereocenters. The van der Waals surface area contributed by atoms with E-state index in [-0.39, 0.29) is 0 Å². The molecular weight excluding hydrogens is 199 g/mol. The fourth-order valence-corrected chi connectivity index (χ4v) is 1.77. The van der Waals surface area contributed by atoms with Crippen LogP contribution in [0.15, 0.2) is 0 Å². The first-order chi connectivity index (χ1) is 4.81. The van der Waals surface area contributed by atoms with Crippen molar-refractivity contribution in [3.05, 3.63) is 0 Å². The molecule has 0 radical (unpaired) electrons. The topological polar surface area (TPSA) is 0 Å². The van der Waals surface area contributed by atoms with Crippen molar-refractivity contribution in [1.82, 2.24) is 0 Å². The van der Waals surface area contributed by atoms with Crippen LogP contribution in [-0.2, 0) is 24.2 Å². The van der Waals surface area contributed by atoms with Crippen LogP contribution < -0.4 is 0 Å². The van der Waals surface area contributed by atoms with Gasteiger partial charge in [-0.05, 0) is 0 Å². The quantitative estimate of drug-likeness (QED) is 0.641. The molecule has 0 unspecified atom stereocenters. The molecule has 0 aliphatic rings. The van der Waals surface area contributed by atoms with Crippen LogP contribution in [0.5, 0.6) is 0 Å². The van der Waals surface area contributed by atoms with Crippen molar-refractivity contribution in [2.24, 2.45) is 0 Å². The van der Waals surface area contributed by atoms with Gasteiger partial charge in [0.05, 0.1) is 0 Å². The van der Waals surface area contributed by atoms with Crippen molar-refractivity contribution in [3.63, 3.8) is 0 Å². The van der Waals surface area contributed by atoms with Crippen molar-refractivity contribution in [1.29, 1.82) is 0 Å². The Bertz CT molecular complexity index is 76.7. The molecule has 0 N–H and O–H groups in total. The first kappa shape index (κ1) is 10.8. The van der Waals surface area contributed by atoms with Crippen molar-refractivity contribution in [2.45, 2.75) is 52.4 Å². The Morgan fingerprint density at radius 3 is 1.70 bits per heavy atom. The maximum absolute atomic E-state index is 2.27. The van der Waals surface area contributed by atoms with E-state index in [2.05, 4.69) is 13.8 Å². The molecule has 10 heavy (non-hydrogen) atoms. The van der Waals surface area contributed by atoms with Gasteiger partial charge in [0, 0.05) is 0 Å². The molecular formula is C9H18Zr+2. The normalized spacial score (nSPS) is 10.0. The summed E-state index contributed by atoms with van der Waals surface area (Å²) in [5.74, 6) is 0. The molecule has 0 spiro atoms. The van der Waals surface area contributed by atoms with Crippen molar-refractivity contribution < 1.29 is 24.2 Å². The molecule has 56 valence electrons. The van der Waals surface area contributed by atoms with Gasteiger partial charge in [0.2, 0.25) is 0 Å². The van der Waals surface area contributed by atoms with Gasteiger partial charge in [0.15, 0.2) is 0 Å². The number of hydrogen-bond donors (Lipinski definition) is 0. The zero-order valence-electron chi connectivity index (χ0n) is 7.24. The summed E-state index contributed by atoms with van der Waals surface area (Å²) < 4.78 is 1.79. The third-order valence-electron chi connectivity index (χ3n) is 1.66. The van der Waals surface area contributed by atoms with E-state index in [4.69, 9.17) is 0 Å². The average Bonchev–Trinajstić information content (AvgIpc) is 1.97. The summed E-state index contributed by atoms with van der Waals surface area (Å²) in [5, 5.41) is 0. The first-order valence-electron chi connectivity index (χ1n) is 4.37. The molecule has 0 aromatic heterocycles. The predicted molar refractivity (Wildman–Crippen MR) is 44.1 cm³/mol. The fourth-order valence-electron chi connectivity index (χ4n) is 0.905. The standard InChI is InChI=1S/C9H18.Zr/c1-3-5-7-9-8-6-4-2;/h3-8H2,1-2H3;/q;+2. The van der Waals surface area contributed by atoms with Crippen LogP contribution >= 0.6 is 0 Å². The van der Waals surface area contributed by atoms with Gasteiger partial charge >= 0.3 is 79.8 Å². The van der Waals surface area contributed by atoms with E-state index in [1.165, 1.54) is 38.5 Å². The molecule has 0 nitrogen and oxygen atoms in total. The van der Waals surface area contributed by atoms with Gasteiger partial charge in [0.25, 0.3) is 0 Å². The fraction of sp³-hybridized carbons (Fsp3) is 0.889. The summed E-state index contributed by atoms with van der Waals surface area (Å²) in [7, 11) is 0. The Balaban J connectivity index is 3.09. The van der Waals surface area contributed by atoms with E-state index in [9.17, 15) is 0 Å². The van der Waals surface area contributed by atoms with Gasteiger partial charge in [0.1, 0.15) is 0 Å². The Kier molecular flexibility index (Phi) is 8.45. The van der Waals surface area contributed by atoms with E-state index in [0.717, 1.165) is 0 Å². The number of unbranched alkanes of at least 4 members (excludes halogenated alkanes) is 2. The van der Waals surface area contributed by atoms with Crippen LogP contribution in [0.25, 0.3) is 0 Å². The molecule has 0 aliphatic heterocycles. The van der Waals surface area contributed by atoms with Gasteiger partial charge in [-0.25, -0.2) is 0 Å². The molecule has 0 rings (SSSR count). The van der Waals surface area contributed by atoms with E-state index in [0.29, 0.717) is 0 Å². The Morgan fingerprint density at radius 2 is 1.40 bits per heavy atom. The maximum atomic E-state index is 2.27. The summed E-state index contributed by atoms with van der Waals surface area (Å²) in [5.41, 5.74) is 0. The van der Waals surface area contributed by atoms with Crippen molar-refractivity contribution >= 4 is 3.21 Å². The van der Waals surface area contributed by atoms with Crippen LogP contribution in [0.1, 0.15) is 52.4 Å². The molecule has 0 saturated carbocycles. The average molecular weight is 217 g/mol. The van der Waals surface area contributed by atoms with Gasteiger partial charge in [-0.3, -0.25) is 0 Å². The van der Waals surface area contributed by atoms with Gasteiger partial charge in [-0.15, -0.1) is 0 Å². The third-order valence-corrected chi connectivity index (χ3v) is 2.89. The molecule has 0 saturated heterocycles. The summed E-state index contributed by atoms with van der Waals surface area (Å²) in [6, 6.07) is 0. The molecule has 1 heteroatoms. The zero-order valence-corrected chi connectivity index (χ0v) is 9.70. The Hall–Kier alpha value is 0.753. The van der Waals surface area contributed by atoms with Crippen molar-refractivity contribution in [2.75, 3.05) is 0 Å². The molecule has 0 bridgehead atoms. The van der Waals surface area contributed by atoms with E-state index < -0.39 is 0 Å². The van der Waals surface area contributed by atoms with E-state index in [1.807, 2.05) is 0 Å². The van der Waals surface area contributed by atoms with Crippen LogP contribution in [0, 0.1) is 0 Å². The second-order valence-corrected chi connectivity index (χ2v) is 4.55. The monoisotopic (exact) mass is 216 g/mol.